The summed E-state index contributed by atoms with van der Waals surface area (Å²) in [6.45, 7) is 2.63. The summed E-state index contributed by atoms with van der Waals surface area (Å²) in [4.78, 5) is 4.36. The molecule has 1 N–H and O–H groups in total. The van der Waals surface area contributed by atoms with E-state index in [0.29, 0.717) is 18.0 Å². The molecule has 18 heavy (non-hydrogen) atoms. The number of ether oxygens (including phenoxy) is 1. The minimum atomic E-state index is -0.301. The number of halogens is 1. The zero-order valence-electron chi connectivity index (χ0n) is 10.4. The van der Waals surface area contributed by atoms with E-state index in [-0.39, 0.29) is 5.82 Å². The Balaban J connectivity index is 1.90. The second-order valence-electron chi connectivity index (χ2n) is 3.91. The molecular weight excluding hydrogens is 251 g/mol. The summed E-state index contributed by atoms with van der Waals surface area (Å²) in [6, 6.07) is 4.79. The molecule has 1 heterocycles. The number of hydrogen-bond donors (Lipinski definition) is 1. The number of nitrogens with zero attached hydrogens (tertiary/aromatic N) is 1. The molecule has 0 aliphatic carbocycles. The van der Waals surface area contributed by atoms with Crippen molar-refractivity contribution in [2.75, 3.05) is 19.0 Å². The summed E-state index contributed by atoms with van der Waals surface area (Å²) < 4.78 is 18.6. The highest BCUT2D eigenvalue weighted by Crippen LogP contribution is 2.20. The lowest BCUT2D eigenvalue weighted by Crippen LogP contribution is -2.06. The SMILES string of the molecule is COc1ccc(NCCc2nc(C)cs2)c(F)c1. The van der Waals surface area contributed by atoms with Gasteiger partial charge >= 0.3 is 0 Å². The summed E-state index contributed by atoms with van der Waals surface area (Å²) in [7, 11) is 1.52. The van der Waals surface area contributed by atoms with Gasteiger partial charge in [-0.1, -0.05) is 0 Å². The zero-order valence-corrected chi connectivity index (χ0v) is 11.2. The fourth-order valence-corrected chi connectivity index (χ4v) is 2.36. The van der Waals surface area contributed by atoms with E-state index in [1.54, 1.807) is 23.5 Å². The Morgan fingerprint density at radius 2 is 2.28 bits per heavy atom. The molecule has 0 radical (unpaired) electrons. The predicted octanol–water partition coefficient (Wildman–Crippen LogP) is 3.25. The van der Waals surface area contributed by atoms with Crippen LogP contribution in [0.15, 0.2) is 23.6 Å². The Morgan fingerprint density at radius 1 is 1.44 bits per heavy atom. The Labute approximate surface area is 110 Å². The van der Waals surface area contributed by atoms with Crippen LogP contribution in [0.3, 0.4) is 0 Å². The minimum absolute atomic E-state index is 0.301. The first-order valence-corrected chi connectivity index (χ1v) is 6.55. The van der Waals surface area contributed by atoms with Crippen molar-refractivity contribution in [3.05, 3.63) is 40.1 Å². The van der Waals surface area contributed by atoms with Gasteiger partial charge in [-0.2, -0.15) is 0 Å². The lowest BCUT2D eigenvalue weighted by molar-refractivity contribution is 0.411. The average molecular weight is 266 g/mol. The Morgan fingerprint density at radius 3 is 2.89 bits per heavy atom. The maximum atomic E-state index is 13.6. The Hall–Kier alpha value is -1.62. The molecule has 0 aliphatic rings. The molecule has 2 rings (SSSR count). The van der Waals surface area contributed by atoms with Crippen molar-refractivity contribution < 1.29 is 9.13 Å². The first-order valence-electron chi connectivity index (χ1n) is 5.67. The lowest BCUT2D eigenvalue weighted by Gasteiger charge is -2.07. The fourth-order valence-electron chi connectivity index (χ4n) is 1.59. The van der Waals surface area contributed by atoms with Crippen molar-refractivity contribution in [1.29, 1.82) is 0 Å². The van der Waals surface area contributed by atoms with E-state index in [1.807, 2.05) is 12.3 Å². The monoisotopic (exact) mass is 266 g/mol. The number of methoxy groups -OCH3 is 1. The molecule has 0 aliphatic heterocycles. The number of aromatic nitrogens is 1. The van der Waals surface area contributed by atoms with Gasteiger partial charge in [0.15, 0.2) is 0 Å². The first-order chi connectivity index (χ1) is 8.69. The van der Waals surface area contributed by atoms with Crippen LogP contribution in [0.5, 0.6) is 5.75 Å². The molecule has 96 valence electrons. The average Bonchev–Trinajstić information content (AvgIpc) is 2.77. The molecule has 0 fully saturated rings. The van der Waals surface area contributed by atoms with E-state index in [2.05, 4.69) is 10.3 Å². The van der Waals surface area contributed by atoms with E-state index in [1.165, 1.54) is 13.2 Å². The molecule has 0 saturated carbocycles. The molecule has 0 saturated heterocycles. The molecule has 5 heteroatoms. The van der Waals surface area contributed by atoms with E-state index < -0.39 is 0 Å². The second kappa shape index (κ2) is 5.82. The number of rotatable bonds is 5. The number of aryl methyl sites for hydroxylation is 1. The van der Waals surface area contributed by atoms with E-state index in [9.17, 15) is 4.39 Å². The summed E-state index contributed by atoms with van der Waals surface area (Å²) >= 11 is 1.63. The van der Waals surface area contributed by atoms with Crippen molar-refractivity contribution in [2.45, 2.75) is 13.3 Å². The van der Waals surface area contributed by atoms with Crippen molar-refractivity contribution in [3.63, 3.8) is 0 Å². The first kappa shape index (κ1) is 12.8. The predicted molar refractivity (Wildman–Crippen MR) is 72.0 cm³/mol. The third-order valence-corrected chi connectivity index (χ3v) is 3.52. The smallest absolute Gasteiger partial charge is 0.149 e. The third kappa shape index (κ3) is 3.20. The van der Waals surface area contributed by atoms with Crippen molar-refractivity contribution in [1.82, 2.24) is 4.98 Å². The molecule has 0 unspecified atom stereocenters. The van der Waals surface area contributed by atoms with Crippen LogP contribution >= 0.6 is 11.3 Å². The van der Waals surface area contributed by atoms with Crippen molar-refractivity contribution >= 4 is 17.0 Å². The van der Waals surface area contributed by atoms with Gasteiger partial charge in [0.05, 0.1) is 17.8 Å². The number of thiazole rings is 1. The van der Waals surface area contributed by atoms with Crippen LogP contribution < -0.4 is 10.1 Å². The second-order valence-corrected chi connectivity index (χ2v) is 4.85. The summed E-state index contributed by atoms with van der Waals surface area (Å²) in [6.07, 6.45) is 0.796. The van der Waals surface area contributed by atoms with E-state index in [0.717, 1.165) is 17.1 Å². The zero-order chi connectivity index (χ0) is 13.0. The van der Waals surface area contributed by atoms with Crippen molar-refractivity contribution in [2.24, 2.45) is 0 Å². The molecule has 0 spiro atoms. The van der Waals surface area contributed by atoms with Crippen LogP contribution in [0, 0.1) is 12.7 Å². The van der Waals surface area contributed by atoms with Gasteiger partial charge in [0.25, 0.3) is 0 Å². The van der Waals surface area contributed by atoms with Gasteiger partial charge in [-0.3, -0.25) is 0 Å². The molecule has 2 aromatic rings. The molecule has 0 amide bonds. The number of benzene rings is 1. The molecule has 0 atom stereocenters. The number of anilines is 1. The van der Waals surface area contributed by atoms with Gasteiger partial charge in [-0.25, -0.2) is 9.37 Å². The Kier molecular flexibility index (Phi) is 4.15. The van der Waals surface area contributed by atoms with Crippen LogP contribution in [0.1, 0.15) is 10.7 Å². The summed E-state index contributed by atoms with van der Waals surface area (Å²) in [5.74, 6) is 0.221. The fraction of sp³-hybridized carbons (Fsp3) is 0.308. The molecule has 0 bridgehead atoms. The maximum absolute atomic E-state index is 13.6. The summed E-state index contributed by atoms with van der Waals surface area (Å²) in [5, 5.41) is 6.14. The quantitative estimate of drug-likeness (QED) is 0.902. The van der Waals surface area contributed by atoms with Crippen LogP contribution in [0.25, 0.3) is 0 Å². The Bertz CT molecular complexity index is 527. The molecule has 3 nitrogen and oxygen atoms in total. The van der Waals surface area contributed by atoms with Gasteiger partial charge < -0.3 is 10.1 Å². The topological polar surface area (TPSA) is 34.1 Å². The molecular formula is C13H15FN2OS. The summed E-state index contributed by atoms with van der Waals surface area (Å²) in [5.41, 5.74) is 1.52. The normalized spacial score (nSPS) is 10.4. The highest BCUT2D eigenvalue weighted by molar-refractivity contribution is 7.09. The van der Waals surface area contributed by atoms with E-state index in [4.69, 9.17) is 4.74 Å². The van der Waals surface area contributed by atoms with Crippen LogP contribution in [0.4, 0.5) is 10.1 Å². The largest absolute Gasteiger partial charge is 0.497 e. The lowest BCUT2D eigenvalue weighted by atomic mass is 10.3. The highest BCUT2D eigenvalue weighted by atomic mass is 32.1. The maximum Gasteiger partial charge on any atom is 0.149 e. The minimum Gasteiger partial charge on any atom is -0.497 e. The van der Waals surface area contributed by atoms with Gasteiger partial charge in [0.1, 0.15) is 11.6 Å². The third-order valence-electron chi connectivity index (χ3n) is 2.50. The standard InChI is InChI=1S/C13H15FN2OS/c1-9-8-18-13(16-9)5-6-15-12-4-3-10(17-2)7-11(12)14/h3-4,7-8,15H,5-6H2,1-2H3. The van der Waals surface area contributed by atoms with Crippen LogP contribution in [0.2, 0.25) is 0 Å². The van der Waals surface area contributed by atoms with Gasteiger partial charge in [-0.15, -0.1) is 11.3 Å². The van der Waals surface area contributed by atoms with Crippen molar-refractivity contribution in [3.8, 4) is 5.75 Å². The highest BCUT2D eigenvalue weighted by Gasteiger charge is 2.04. The van der Waals surface area contributed by atoms with Crippen LogP contribution in [-0.4, -0.2) is 18.6 Å². The molecule has 1 aromatic heterocycles. The van der Waals surface area contributed by atoms with Gasteiger partial charge in [0, 0.05) is 30.1 Å². The van der Waals surface area contributed by atoms with Crippen LogP contribution in [-0.2, 0) is 6.42 Å². The van der Waals surface area contributed by atoms with Gasteiger partial charge in [-0.05, 0) is 19.1 Å². The number of hydrogen-bond acceptors (Lipinski definition) is 4. The molecule has 1 aromatic carbocycles. The number of nitrogens with one attached hydrogen (secondary N) is 1. The van der Waals surface area contributed by atoms with E-state index >= 15 is 0 Å². The van der Waals surface area contributed by atoms with Gasteiger partial charge in [0.2, 0.25) is 0 Å².